The summed E-state index contributed by atoms with van der Waals surface area (Å²) < 4.78 is 0. The van der Waals surface area contributed by atoms with E-state index in [2.05, 4.69) is 41.9 Å². The van der Waals surface area contributed by atoms with Crippen molar-refractivity contribution < 1.29 is 9.72 Å². The van der Waals surface area contributed by atoms with Crippen LogP contribution in [0.1, 0.15) is 17.5 Å². The molecule has 3 rings (SSSR count). The first-order valence-electron chi connectivity index (χ1n) is 9.27. The highest BCUT2D eigenvalue weighted by Crippen LogP contribution is 2.22. The van der Waals surface area contributed by atoms with Gasteiger partial charge in [-0.1, -0.05) is 6.07 Å². The summed E-state index contributed by atoms with van der Waals surface area (Å²) in [5.41, 5.74) is 2.53. The monoisotopic (exact) mass is 400 g/mol. The van der Waals surface area contributed by atoms with Crippen LogP contribution in [0.4, 0.5) is 11.5 Å². The van der Waals surface area contributed by atoms with Crippen molar-refractivity contribution in [3.05, 3.63) is 57.8 Å². The van der Waals surface area contributed by atoms with Crippen molar-refractivity contribution in [2.45, 2.75) is 25.2 Å². The molecule has 1 amide bonds. The third-order valence-corrected chi connectivity index (χ3v) is 5.96. The molecule has 8 heteroatoms. The van der Waals surface area contributed by atoms with Crippen molar-refractivity contribution in [2.24, 2.45) is 0 Å². The second kappa shape index (κ2) is 9.05. The fraction of sp³-hybridized carbons (Fsp3) is 0.400. The highest BCUT2D eigenvalue weighted by Gasteiger charge is 2.22. The fourth-order valence-corrected chi connectivity index (χ4v) is 4.01. The van der Waals surface area contributed by atoms with Crippen LogP contribution in [0, 0.1) is 24.0 Å². The Bertz CT molecular complexity index is 849. The number of thioether (sulfide) groups is 1. The molecule has 0 N–H and O–H groups in total. The summed E-state index contributed by atoms with van der Waals surface area (Å²) >= 11 is 1.71. The summed E-state index contributed by atoms with van der Waals surface area (Å²) in [6, 6.07) is 9.51. The van der Waals surface area contributed by atoms with Gasteiger partial charge in [0.25, 0.3) is 5.69 Å². The van der Waals surface area contributed by atoms with E-state index in [4.69, 9.17) is 0 Å². The van der Waals surface area contributed by atoms with Crippen molar-refractivity contribution in [1.82, 2.24) is 9.88 Å². The molecule has 1 aromatic heterocycles. The molecule has 0 unspecified atom stereocenters. The van der Waals surface area contributed by atoms with Crippen molar-refractivity contribution in [3.63, 3.8) is 0 Å². The maximum atomic E-state index is 12.5. The number of hydrogen-bond acceptors (Lipinski definition) is 6. The molecule has 1 aliphatic rings. The standard InChI is InChI=1S/C20H24N4O3S/c1-15-3-5-18(13-16(15)2)28-12-7-20(25)23-10-8-22(9-11-23)19-6-4-17(14-21-19)24(26)27/h3-6,13-14H,7-12H2,1-2H3. The summed E-state index contributed by atoms with van der Waals surface area (Å²) in [4.78, 5) is 32.1. The van der Waals surface area contributed by atoms with Crippen LogP contribution in [0.2, 0.25) is 0 Å². The number of hydrogen-bond donors (Lipinski definition) is 0. The Morgan fingerprint density at radius 1 is 1.14 bits per heavy atom. The number of rotatable bonds is 6. The van der Waals surface area contributed by atoms with Crippen LogP contribution in [-0.2, 0) is 4.79 Å². The maximum absolute atomic E-state index is 12.5. The zero-order valence-electron chi connectivity index (χ0n) is 16.1. The predicted octanol–water partition coefficient (Wildman–Crippen LogP) is 3.44. The molecule has 1 saturated heterocycles. The molecule has 2 aromatic rings. The fourth-order valence-electron chi connectivity index (χ4n) is 3.08. The summed E-state index contributed by atoms with van der Waals surface area (Å²) in [5.74, 6) is 1.65. The Balaban J connectivity index is 1.44. The van der Waals surface area contributed by atoms with Gasteiger partial charge in [-0.25, -0.2) is 4.98 Å². The molecule has 1 fully saturated rings. The molecule has 0 aliphatic carbocycles. The molecule has 2 heterocycles. The molecule has 0 saturated carbocycles. The number of benzene rings is 1. The number of anilines is 1. The Morgan fingerprint density at radius 2 is 1.89 bits per heavy atom. The van der Waals surface area contributed by atoms with E-state index in [-0.39, 0.29) is 11.6 Å². The second-order valence-corrected chi connectivity index (χ2v) is 8.01. The van der Waals surface area contributed by atoms with Crippen molar-refractivity contribution in [1.29, 1.82) is 0 Å². The molecule has 148 valence electrons. The minimum atomic E-state index is -0.455. The normalized spacial score (nSPS) is 14.2. The van der Waals surface area contributed by atoms with E-state index in [1.807, 2.05) is 4.90 Å². The Hall–Kier alpha value is -2.61. The van der Waals surface area contributed by atoms with E-state index in [9.17, 15) is 14.9 Å². The first-order valence-corrected chi connectivity index (χ1v) is 10.3. The number of aryl methyl sites for hydroxylation is 2. The lowest BCUT2D eigenvalue weighted by Gasteiger charge is -2.35. The van der Waals surface area contributed by atoms with Gasteiger partial charge < -0.3 is 9.80 Å². The molecular weight excluding hydrogens is 376 g/mol. The third kappa shape index (κ3) is 5.01. The SMILES string of the molecule is Cc1ccc(SCCC(=O)N2CCN(c3ccc([N+](=O)[O-])cn3)CC2)cc1C. The lowest BCUT2D eigenvalue weighted by molar-refractivity contribution is -0.385. The minimum absolute atomic E-state index is 0.0150. The number of amides is 1. The Kier molecular flexibility index (Phi) is 6.51. The van der Waals surface area contributed by atoms with Gasteiger partial charge in [-0.2, -0.15) is 0 Å². The lowest BCUT2D eigenvalue weighted by Crippen LogP contribution is -2.49. The molecular formula is C20H24N4O3S. The van der Waals surface area contributed by atoms with Gasteiger partial charge in [0.1, 0.15) is 12.0 Å². The molecule has 7 nitrogen and oxygen atoms in total. The smallest absolute Gasteiger partial charge is 0.287 e. The number of carbonyl (C=O) groups excluding carboxylic acids is 1. The summed E-state index contributed by atoms with van der Waals surface area (Å²) in [7, 11) is 0. The van der Waals surface area contributed by atoms with Crippen LogP contribution in [0.3, 0.4) is 0 Å². The van der Waals surface area contributed by atoms with E-state index in [1.165, 1.54) is 28.3 Å². The van der Waals surface area contributed by atoms with Gasteiger partial charge in [0.2, 0.25) is 5.91 Å². The third-order valence-electron chi connectivity index (χ3n) is 4.96. The van der Waals surface area contributed by atoms with Gasteiger partial charge >= 0.3 is 0 Å². The molecule has 0 bridgehead atoms. The van der Waals surface area contributed by atoms with E-state index in [1.54, 1.807) is 17.8 Å². The number of carbonyl (C=O) groups is 1. The van der Waals surface area contributed by atoms with Gasteiger partial charge in [-0.05, 0) is 43.2 Å². The van der Waals surface area contributed by atoms with Crippen LogP contribution in [-0.4, -0.2) is 52.6 Å². The van der Waals surface area contributed by atoms with Gasteiger partial charge in [-0.15, -0.1) is 11.8 Å². The van der Waals surface area contributed by atoms with Gasteiger partial charge in [0.05, 0.1) is 4.92 Å². The van der Waals surface area contributed by atoms with Crippen LogP contribution in [0.25, 0.3) is 0 Å². The van der Waals surface area contributed by atoms with Crippen LogP contribution in [0.15, 0.2) is 41.4 Å². The number of aromatic nitrogens is 1. The lowest BCUT2D eigenvalue weighted by atomic mass is 10.1. The maximum Gasteiger partial charge on any atom is 0.287 e. The number of nitro groups is 1. The van der Waals surface area contributed by atoms with E-state index >= 15 is 0 Å². The first-order chi connectivity index (χ1) is 13.4. The number of nitrogens with zero attached hydrogens (tertiary/aromatic N) is 4. The van der Waals surface area contributed by atoms with Crippen LogP contribution < -0.4 is 4.90 Å². The molecule has 28 heavy (non-hydrogen) atoms. The van der Waals surface area contributed by atoms with Gasteiger partial charge in [-0.3, -0.25) is 14.9 Å². The second-order valence-electron chi connectivity index (χ2n) is 6.84. The minimum Gasteiger partial charge on any atom is -0.353 e. The largest absolute Gasteiger partial charge is 0.353 e. The van der Waals surface area contributed by atoms with Crippen molar-refractivity contribution >= 4 is 29.2 Å². The molecule has 1 aliphatic heterocycles. The van der Waals surface area contributed by atoms with Crippen molar-refractivity contribution in [3.8, 4) is 0 Å². The Labute approximate surface area is 168 Å². The first kappa shape index (κ1) is 20.1. The zero-order chi connectivity index (χ0) is 20.1. The van der Waals surface area contributed by atoms with E-state index < -0.39 is 4.92 Å². The average Bonchev–Trinajstić information content (AvgIpc) is 2.71. The number of piperazine rings is 1. The highest BCUT2D eigenvalue weighted by atomic mass is 32.2. The van der Waals surface area contributed by atoms with E-state index in [0.29, 0.717) is 38.4 Å². The molecule has 1 aromatic carbocycles. The number of pyridine rings is 1. The summed E-state index contributed by atoms with van der Waals surface area (Å²) in [6.45, 7) is 6.85. The van der Waals surface area contributed by atoms with Crippen LogP contribution in [0.5, 0.6) is 0 Å². The summed E-state index contributed by atoms with van der Waals surface area (Å²) in [5, 5.41) is 10.7. The van der Waals surface area contributed by atoms with Crippen LogP contribution >= 0.6 is 11.8 Å². The molecule has 0 spiro atoms. The zero-order valence-corrected chi connectivity index (χ0v) is 16.9. The quantitative estimate of drug-likeness (QED) is 0.420. The highest BCUT2D eigenvalue weighted by molar-refractivity contribution is 7.99. The average molecular weight is 401 g/mol. The Morgan fingerprint density at radius 3 is 2.50 bits per heavy atom. The van der Waals surface area contributed by atoms with Gasteiger partial charge in [0.15, 0.2) is 0 Å². The summed E-state index contributed by atoms with van der Waals surface area (Å²) in [6.07, 6.45) is 1.80. The topological polar surface area (TPSA) is 79.6 Å². The van der Waals surface area contributed by atoms with E-state index in [0.717, 1.165) is 5.75 Å². The molecule has 0 radical (unpaired) electrons. The molecule has 0 atom stereocenters. The van der Waals surface area contributed by atoms with Gasteiger partial charge in [0, 0.05) is 49.3 Å². The predicted molar refractivity (Wildman–Crippen MR) is 111 cm³/mol. The van der Waals surface area contributed by atoms with Crippen molar-refractivity contribution in [2.75, 3.05) is 36.8 Å².